The largest absolute Gasteiger partial charge is 0.410 e. The molecule has 28 heavy (non-hydrogen) atoms. The van der Waals surface area contributed by atoms with Crippen LogP contribution in [0.3, 0.4) is 0 Å². The molecule has 8 heteroatoms. The van der Waals surface area contributed by atoms with E-state index in [4.69, 9.17) is 0 Å². The Morgan fingerprint density at radius 3 is 2.43 bits per heavy atom. The molecule has 0 saturated carbocycles. The number of piperidine rings is 1. The lowest BCUT2D eigenvalue weighted by atomic mass is 9.92. The number of anilines is 1. The van der Waals surface area contributed by atoms with E-state index in [0.29, 0.717) is 31.0 Å². The van der Waals surface area contributed by atoms with Crippen LogP contribution in [0.5, 0.6) is 0 Å². The highest BCUT2D eigenvalue weighted by Gasteiger charge is 2.46. The second kappa shape index (κ2) is 8.33. The van der Waals surface area contributed by atoms with Gasteiger partial charge in [0.1, 0.15) is 5.82 Å². The molecule has 2 aliphatic heterocycles. The summed E-state index contributed by atoms with van der Waals surface area (Å²) in [6, 6.07) is 0.0194. The Labute approximate surface area is 164 Å². The summed E-state index contributed by atoms with van der Waals surface area (Å²) in [5.41, 5.74) is 0.711. The van der Waals surface area contributed by atoms with Gasteiger partial charge in [0.25, 0.3) is 0 Å². The molecule has 1 fully saturated rings. The van der Waals surface area contributed by atoms with Crippen LogP contribution in [0.25, 0.3) is 0 Å². The monoisotopic (exact) mass is 400 g/mol. The Balaban J connectivity index is 1.72. The lowest BCUT2D eigenvalue weighted by molar-refractivity contribution is -0.173. The van der Waals surface area contributed by atoms with Crippen LogP contribution in [0.4, 0.5) is 19.0 Å². The van der Waals surface area contributed by atoms with Crippen LogP contribution in [0, 0.1) is 5.92 Å². The molecule has 1 saturated heterocycles. The van der Waals surface area contributed by atoms with Gasteiger partial charge in [0, 0.05) is 37.0 Å². The summed E-state index contributed by atoms with van der Waals surface area (Å²) in [4.78, 5) is 14.5. The molecule has 0 aromatic carbocycles. The van der Waals surface area contributed by atoms with Crippen molar-refractivity contribution < 1.29 is 18.0 Å². The van der Waals surface area contributed by atoms with Crippen LogP contribution >= 0.6 is 0 Å². The summed E-state index contributed by atoms with van der Waals surface area (Å²) in [6.45, 7) is 7.25. The first-order chi connectivity index (χ1) is 13.3. The number of alkyl halides is 3. The number of rotatable bonds is 5. The van der Waals surface area contributed by atoms with Crippen LogP contribution in [-0.4, -0.2) is 45.9 Å². The number of hydrogen-bond donors (Lipinski definition) is 1. The summed E-state index contributed by atoms with van der Waals surface area (Å²) >= 11 is 0. The molecule has 0 unspecified atom stereocenters. The van der Waals surface area contributed by atoms with Gasteiger partial charge in [0.15, 0.2) is 6.04 Å². The molecule has 1 aromatic rings. The van der Waals surface area contributed by atoms with Crippen molar-refractivity contribution in [2.45, 2.75) is 83.5 Å². The minimum Gasteiger partial charge on any atom is -0.367 e. The van der Waals surface area contributed by atoms with E-state index in [2.05, 4.69) is 10.4 Å². The van der Waals surface area contributed by atoms with Crippen molar-refractivity contribution in [2.75, 3.05) is 18.4 Å². The third kappa shape index (κ3) is 4.15. The van der Waals surface area contributed by atoms with Crippen LogP contribution < -0.4 is 5.32 Å². The first-order valence-corrected chi connectivity index (χ1v) is 10.5. The lowest BCUT2D eigenvalue weighted by Gasteiger charge is -2.33. The number of halogens is 3. The Morgan fingerprint density at radius 1 is 1.25 bits per heavy atom. The minimum atomic E-state index is -4.31. The minimum absolute atomic E-state index is 0.0104. The molecule has 3 rings (SSSR count). The zero-order chi connectivity index (χ0) is 20.5. The van der Waals surface area contributed by atoms with Crippen LogP contribution in [0.1, 0.15) is 76.9 Å². The van der Waals surface area contributed by atoms with Crippen molar-refractivity contribution in [2.24, 2.45) is 5.92 Å². The zero-order valence-electron chi connectivity index (χ0n) is 16.9. The number of carbonyl (C=O) groups is 1. The summed E-state index contributed by atoms with van der Waals surface area (Å²) in [6.07, 6.45) is -0.483. The van der Waals surface area contributed by atoms with E-state index >= 15 is 0 Å². The Kier molecular flexibility index (Phi) is 6.25. The first kappa shape index (κ1) is 21.0. The predicted molar refractivity (Wildman–Crippen MR) is 102 cm³/mol. The standard InChI is InChI=1S/C20H31F3N4O/c1-4-13(5-2)19(28)26-9-7-14(8-10-26)16-12-18-24-15(6-3)11-17(20(21,22)23)27(18)25-16/h12-15,17,24H,4-11H2,1-3H3/t15-,17-/m1/s1. The predicted octanol–water partition coefficient (Wildman–Crippen LogP) is 4.72. The van der Waals surface area contributed by atoms with Gasteiger partial charge in [-0.05, 0) is 38.5 Å². The lowest BCUT2D eigenvalue weighted by Crippen LogP contribution is -2.41. The fourth-order valence-electron chi connectivity index (χ4n) is 4.43. The van der Waals surface area contributed by atoms with Gasteiger partial charge in [0.2, 0.25) is 5.91 Å². The van der Waals surface area contributed by atoms with Crippen molar-refractivity contribution in [1.82, 2.24) is 14.7 Å². The third-order valence-electron chi connectivity index (χ3n) is 6.34. The molecule has 158 valence electrons. The Bertz CT molecular complexity index is 675. The quantitative estimate of drug-likeness (QED) is 0.778. The fourth-order valence-corrected chi connectivity index (χ4v) is 4.43. The molecule has 0 spiro atoms. The van der Waals surface area contributed by atoms with Gasteiger partial charge < -0.3 is 10.2 Å². The SMILES string of the molecule is CCC(CC)C(=O)N1CCC(c2cc3n(n2)[C@@H](C(F)(F)F)C[C@@H](CC)N3)CC1. The van der Waals surface area contributed by atoms with E-state index in [1.165, 1.54) is 0 Å². The molecule has 0 aliphatic carbocycles. The number of nitrogens with one attached hydrogen (secondary N) is 1. The van der Waals surface area contributed by atoms with Gasteiger partial charge in [-0.25, -0.2) is 4.68 Å². The number of hydrogen-bond acceptors (Lipinski definition) is 3. The summed E-state index contributed by atoms with van der Waals surface area (Å²) < 4.78 is 41.7. The maximum atomic E-state index is 13.5. The fraction of sp³-hybridized carbons (Fsp3) is 0.800. The van der Waals surface area contributed by atoms with E-state index in [0.717, 1.165) is 30.4 Å². The zero-order valence-corrected chi connectivity index (χ0v) is 16.9. The van der Waals surface area contributed by atoms with Gasteiger partial charge in [-0.3, -0.25) is 4.79 Å². The third-order valence-corrected chi connectivity index (χ3v) is 6.34. The second-order valence-electron chi connectivity index (χ2n) is 8.05. The number of aromatic nitrogens is 2. The highest BCUT2D eigenvalue weighted by Crippen LogP contribution is 2.41. The molecule has 1 amide bonds. The van der Waals surface area contributed by atoms with Gasteiger partial charge in [-0.15, -0.1) is 0 Å². The Hall–Kier alpha value is -1.73. The van der Waals surface area contributed by atoms with E-state index in [1.54, 1.807) is 6.07 Å². The maximum absolute atomic E-state index is 13.5. The van der Waals surface area contributed by atoms with Crippen molar-refractivity contribution >= 4 is 11.7 Å². The van der Waals surface area contributed by atoms with Crippen LogP contribution in [0.2, 0.25) is 0 Å². The van der Waals surface area contributed by atoms with Crippen LogP contribution in [0.15, 0.2) is 6.07 Å². The van der Waals surface area contributed by atoms with Gasteiger partial charge >= 0.3 is 6.18 Å². The molecule has 2 aliphatic rings. The topological polar surface area (TPSA) is 50.2 Å². The normalized spacial score (nSPS) is 23.6. The highest BCUT2D eigenvalue weighted by atomic mass is 19.4. The van der Waals surface area contributed by atoms with E-state index in [9.17, 15) is 18.0 Å². The maximum Gasteiger partial charge on any atom is 0.410 e. The molecule has 1 N–H and O–H groups in total. The second-order valence-corrected chi connectivity index (χ2v) is 8.05. The smallest absolute Gasteiger partial charge is 0.367 e. The molecule has 2 atom stereocenters. The van der Waals surface area contributed by atoms with Gasteiger partial charge in [-0.2, -0.15) is 18.3 Å². The average Bonchev–Trinajstić information content (AvgIpc) is 3.11. The summed E-state index contributed by atoms with van der Waals surface area (Å²) in [7, 11) is 0. The Morgan fingerprint density at radius 2 is 1.89 bits per heavy atom. The van der Waals surface area contributed by atoms with Crippen molar-refractivity contribution in [1.29, 1.82) is 0 Å². The van der Waals surface area contributed by atoms with Crippen molar-refractivity contribution in [3.8, 4) is 0 Å². The van der Waals surface area contributed by atoms with E-state index in [-0.39, 0.29) is 30.2 Å². The molecule has 0 bridgehead atoms. The number of nitrogens with zero attached hydrogens (tertiary/aromatic N) is 3. The van der Waals surface area contributed by atoms with Crippen molar-refractivity contribution in [3.05, 3.63) is 11.8 Å². The molecule has 1 aromatic heterocycles. The van der Waals surface area contributed by atoms with Crippen molar-refractivity contribution in [3.63, 3.8) is 0 Å². The van der Waals surface area contributed by atoms with Crippen LogP contribution in [-0.2, 0) is 4.79 Å². The average molecular weight is 400 g/mol. The molecule has 3 heterocycles. The molecular weight excluding hydrogens is 369 g/mol. The molecule has 0 radical (unpaired) electrons. The van der Waals surface area contributed by atoms with E-state index in [1.807, 2.05) is 25.7 Å². The number of carbonyl (C=O) groups excluding carboxylic acids is 1. The number of amides is 1. The number of likely N-dealkylation sites (tertiary alicyclic amines) is 1. The van der Waals surface area contributed by atoms with Gasteiger partial charge in [-0.1, -0.05) is 20.8 Å². The van der Waals surface area contributed by atoms with E-state index < -0.39 is 12.2 Å². The number of fused-ring (bicyclic) bond motifs is 1. The summed E-state index contributed by atoms with van der Waals surface area (Å²) in [5.74, 6) is 0.835. The molecule has 5 nitrogen and oxygen atoms in total. The first-order valence-electron chi connectivity index (χ1n) is 10.5. The summed E-state index contributed by atoms with van der Waals surface area (Å²) in [5, 5.41) is 7.56. The van der Waals surface area contributed by atoms with Gasteiger partial charge in [0.05, 0.1) is 5.69 Å². The molecular formula is C20H31F3N4O. The highest BCUT2D eigenvalue weighted by molar-refractivity contribution is 5.78.